The van der Waals surface area contributed by atoms with Crippen LogP contribution in [-0.2, 0) is 13.1 Å². The maximum Gasteiger partial charge on any atom is 0.0620 e. The summed E-state index contributed by atoms with van der Waals surface area (Å²) in [6, 6.07) is 47.1. The van der Waals surface area contributed by atoms with Gasteiger partial charge in [0.25, 0.3) is 0 Å². The van der Waals surface area contributed by atoms with E-state index in [9.17, 15) is 0 Å². The molecule has 1 heterocycles. The Balaban J connectivity index is 1.55. The van der Waals surface area contributed by atoms with Crippen LogP contribution in [-0.4, -0.2) is 4.90 Å². The van der Waals surface area contributed by atoms with E-state index in [0.717, 1.165) is 13.1 Å². The van der Waals surface area contributed by atoms with E-state index in [0.29, 0.717) is 0 Å². The van der Waals surface area contributed by atoms with E-state index in [1.807, 2.05) is 0 Å². The van der Waals surface area contributed by atoms with Crippen molar-refractivity contribution in [1.82, 2.24) is 4.90 Å². The molecule has 178 valence electrons. The number of benzene rings is 5. The second kappa shape index (κ2) is 9.03. The third-order valence-corrected chi connectivity index (χ3v) is 7.89. The van der Waals surface area contributed by atoms with Crippen LogP contribution in [0.1, 0.15) is 45.0 Å². The van der Waals surface area contributed by atoms with Gasteiger partial charge in [-0.15, -0.1) is 0 Å². The van der Waals surface area contributed by atoms with E-state index in [4.69, 9.17) is 0 Å². The van der Waals surface area contributed by atoms with Gasteiger partial charge in [-0.25, -0.2) is 0 Å². The van der Waals surface area contributed by atoms with E-state index in [2.05, 4.69) is 139 Å². The Morgan fingerprint density at radius 3 is 1.76 bits per heavy atom. The molecular weight excluding hydrogens is 446 g/mol. The molecule has 0 N–H and O–H groups in total. The molecule has 1 atom stereocenters. The van der Waals surface area contributed by atoms with Crippen molar-refractivity contribution in [3.05, 3.63) is 166 Å². The molecule has 37 heavy (non-hydrogen) atoms. The van der Waals surface area contributed by atoms with E-state index in [1.54, 1.807) is 0 Å². The molecule has 0 bridgehead atoms. The van der Waals surface area contributed by atoms with Crippen LogP contribution < -0.4 is 0 Å². The minimum Gasteiger partial charge on any atom is -0.284 e. The van der Waals surface area contributed by atoms with E-state index in [-0.39, 0.29) is 6.04 Å². The Morgan fingerprint density at radius 1 is 0.568 bits per heavy atom. The van der Waals surface area contributed by atoms with Crippen molar-refractivity contribution >= 4 is 11.1 Å². The smallest absolute Gasteiger partial charge is 0.0620 e. The Labute approximate surface area is 219 Å². The third kappa shape index (κ3) is 3.75. The molecule has 5 aromatic rings. The molecule has 2 aliphatic rings. The monoisotopic (exact) mass is 475 g/mol. The van der Waals surface area contributed by atoms with Crippen LogP contribution >= 0.6 is 0 Å². The van der Waals surface area contributed by atoms with Crippen molar-refractivity contribution in [2.75, 3.05) is 0 Å². The average molecular weight is 476 g/mol. The molecule has 0 saturated heterocycles. The third-order valence-electron chi connectivity index (χ3n) is 7.89. The lowest BCUT2D eigenvalue weighted by Gasteiger charge is -2.40. The summed E-state index contributed by atoms with van der Waals surface area (Å²) in [6.45, 7) is 3.99. The molecule has 0 saturated carbocycles. The number of rotatable bonds is 3. The highest BCUT2D eigenvalue weighted by Crippen LogP contribution is 2.53. The number of nitrogens with zero attached hydrogens (tertiary/aromatic N) is 1. The maximum atomic E-state index is 2.66. The van der Waals surface area contributed by atoms with Crippen molar-refractivity contribution in [3.63, 3.8) is 0 Å². The zero-order valence-corrected chi connectivity index (χ0v) is 21.1. The van der Waals surface area contributed by atoms with Gasteiger partial charge in [0.1, 0.15) is 0 Å². The van der Waals surface area contributed by atoms with Gasteiger partial charge in [0.05, 0.1) is 6.04 Å². The van der Waals surface area contributed by atoms with Crippen molar-refractivity contribution in [1.29, 1.82) is 0 Å². The van der Waals surface area contributed by atoms with Crippen LogP contribution in [0.15, 0.2) is 127 Å². The summed E-state index contributed by atoms with van der Waals surface area (Å²) < 4.78 is 0. The molecule has 5 aromatic carbocycles. The predicted molar refractivity (Wildman–Crippen MR) is 154 cm³/mol. The fraction of sp³-hybridized carbons (Fsp3) is 0.111. The van der Waals surface area contributed by atoms with Gasteiger partial charge >= 0.3 is 0 Å². The Kier molecular flexibility index (Phi) is 5.38. The standard InChI is InChI=1S/C36H29N/c1-25-19-21-27(22-20-25)36-35(34-32-17-9-7-15-30(32)31-16-8-10-18-33(31)34)29-14-6-5-13-28(29)24-37(36)23-26-11-3-2-4-12-26/h2-22,36H,23-24H2,1H3. The Hall–Kier alpha value is -4.20. The van der Waals surface area contributed by atoms with Gasteiger partial charge in [0.15, 0.2) is 0 Å². The lowest BCUT2D eigenvalue weighted by molar-refractivity contribution is 0.211. The van der Waals surface area contributed by atoms with E-state index < -0.39 is 0 Å². The summed E-state index contributed by atoms with van der Waals surface area (Å²) in [5.74, 6) is 0. The summed E-state index contributed by atoms with van der Waals surface area (Å²) in [7, 11) is 0. The molecule has 0 spiro atoms. The molecule has 0 fully saturated rings. The van der Waals surface area contributed by atoms with E-state index in [1.165, 1.54) is 61.2 Å². The van der Waals surface area contributed by atoms with Gasteiger partial charge in [0.2, 0.25) is 0 Å². The lowest BCUT2D eigenvalue weighted by Crippen LogP contribution is -2.33. The van der Waals surface area contributed by atoms with Crippen LogP contribution in [0.2, 0.25) is 0 Å². The fourth-order valence-corrected chi connectivity index (χ4v) is 6.23. The van der Waals surface area contributed by atoms with Crippen LogP contribution in [0.4, 0.5) is 0 Å². The van der Waals surface area contributed by atoms with Crippen LogP contribution in [0.25, 0.3) is 22.3 Å². The molecule has 0 radical (unpaired) electrons. The van der Waals surface area contributed by atoms with Gasteiger partial charge in [0, 0.05) is 13.1 Å². The van der Waals surface area contributed by atoms with Gasteiger partial charge in [-0.05, 0) is 62.6 Å². The van der Waals surface area contributed by atoms with Gasteiger partial charge in [-0.3, -0.25) is 4.90 Å². The maximum absolute atomic E-state index is 2.66. The minimum absolute atomic E-state index is 0.143. The molecule has 1 nitrogen and oxygen atoms in total. The molecule has 1 aliphatic carbocycles. The lowest BCUT2D eigenvalue weighted by atomic mass is 9.79. The number of fused-ring (bicyclic) bond motifs is 4. The van der Waals surface area contributed by atoms with Crippen LogP contribution in [0.3, 0.4) is 0 Å². The summed E-state index contributed by atoms with van der Waals surface area (Å²) in [4.78, 5) is 2.66. The summed E-state index contributed by atoms with van der Waals surface area (Å²) in [6.07, 6.45) is 0. The molecule has 1 aliphatic heterocycles. The van der Waals surface area contributed by atoms with Crippen molar-refractivity contribution in [2.45, 2.75) is 26.1 Å². The highest BCUT2D eigenvalue weighted by molar-refractivity contribution is 6.11. The van der Waals surface area contributed by atoms with Crippen molar-refractivity contribution < 1.29 is 0 Å². The van der Waals surface area contributed by atoms with Crippen molar-refractivity contribution in [2.24, 2.45) is 0 Å². The summed E-state index contributed by atoms with van der Waals surface area (Å²) >= 11 is 0. The fourth-order valence-electron chi connectivity index (χ4n) is 6.23. The molecule has 7 rings (SSSR count). The second-order valence-corrected chi connectivity index (χ2v) is 10.2. The van der Waals surface area contributed by atoms with Gasteiger partial charge in [-0.1, -0.05) is 133 Å². The zero-order valence-electron chi connectivity index (χ0n) is 21.1. The number of aryl methyl sites for hydroxylation is 1. The average Bonchev–Trinajstić information content (AvgIpc) is 3.28. The summed E-state index contributed by atoms with van der Waals surface area (Å²) in [5, 5.41) is 0. The van der Waals surface area contributed by atoms with Crippen molar-refractivity contribution in [3.8, 4) is 11.1 Å². The Morgan fingerprint density at radius 2 is 1.11 bits per heavy atom. The van der Waals surface area contributed by atoms with Gasteiger partial charge in [-0.2, -0.15) is 0 Å². The minimum atomic E-state index is 0.143. The topological polar surface area (TPSA) is 3.24 Å². The zero-order chi connectivity index (χ0) is 24.8. The molecule has 0 aromatic heterocycles. The normalized spacial score (nSPS) is 16.3. The van der Waals surface area contributed by atoms with Crippen LogP contribution in [0, 0.1) is 6.92 Å². The highest BCUT2D eigenvalue weighted by atomic mass is 15.2. The quantitative estimate of drug-likeness (QED) is 0.247. The number of hydrogen-bond acceptors (Lipinski definition) is 1. The first-order valence-corrected chi connectivity index (χ1v) is 13.1. The summed E-state index contributed by atoms with van der Waals surface area (Å²) in [5.41, 5.74) is 14.9. The first kappa shape index (κ1) is 22.0. The van der Waals surface area contributed by atoms with Gasteiger partial charge < -0.3 is 0 Å². The Bertz CT molecular complexity index is 1580. The molecular formula is C36H29N. The highest BCUT2D eigenvalue weighted by Gasteiger charge is 2.37. The second-order valence-electron chi connectivity index (χ2n) is 10.2. The predicted octanol–water partition coefficient (Wildman–Crippen LogP) is 8.69. The molecule has 0 amide bonds. The molecule has 1 heteroatoms. The largest absolute Gasteiger partial charge is 0.284 e. The first-order chi connectivity index (χ1) is 18.3. The SMILES string of the molecule is Cc1ccc(C2C(=C3c4ccccc4-c4ccccc43)c3ccccc3CN2Cc2ccccc2)cc1. The number of hydrogen-bond donors (Lipinski definition) is 0. The van der Waals surface area contributed by atoms with E-state index >= 15 is 0 Å². The van der Waals surface area contributed by atoms with Crippen LogP contribution in [0.5, 0.6) is 0 Å². The molecule has 1 unspecified atom stereocenters. The first-order valence-electron chi connectivity index (χ1n) is 13.1.